The molecule has 1 amide bonds. The van der Waals surface area contributed by atoms with Gasteiger partial charge in [-0.05, 0) is 18.6 Å². The van der Waals surface area contributed by atoms with Crippen LogP contribution in [-0.4, -0.2) is 56.4 Å². The summed E-state index contributed by atoms with van der Waals surface area (Å²) in [4.78, 5) is 25.0. The third kappa shape index (κ3) is 4.04. The summed E-state index contributed by atoms with van der Waals surface area (Å²) in [5, 5.41) is 0. The molecule has 21 heavy (non-hydrogen) atoms. The van der Waals surface area contributed by atoms with Gasteiger partial charge in [0.15, 0.2) is 16.4 Å². The van der Waals surface area contributed by atoms with E-state index >= 15 is 0 Å². The number of carbonyl (C=O) groups excluding carboxylic acids is 2. The van der Waals surface area contributed by atoms with Crippen molar-refractivity contribution in [3.8, 4) is 0 Å². The van der Waals surface area contributed by atoms with Crippen LogP contribution in [-0.2, 0) is 19.4 Å². The predicted octanol–water partition coefficient (Wildman–Crippen LogP) is 0.489. The fourth-order valence-electron chi connectivity index (χ4n) is 2.17. The Morgan fingerprint density at radius 1 is 1.29 bits per heavy atom. The number of sulfone groups is 1. The molecule has 1 saturated heterocycles. The van der Waals surface area contributed by atoms with Crippen molar-refractivity contribution in [2.75, 3.05) is 25.2 Å². The van der Waals surface area contributed by atoms with Crippen molar-refractivity contribution >= 4 is 21.7 Å². The van der Waals surface area contributed by atoms with Gasteiger partial charge < -0.3 is 9.64 Å². The van der Waals surface area contributed by atoms with Crippen molar-refractivity contribution < 1.29 is 22.7 Å². The number of hydrogen-bond donors (Lipinski definition) is 0. The van der Waals surface area contributed by atoms with Gasteiger partial charge in [0.1, 0.15) is 0 Å². The number of esters is 1. The SMILES string of the molecule is CN(C(=O)COC(=O)c1ccccc1)[C@H]1CCS(=O)(=O)C1. The maximum Gasteiger partial charge on any atom is 0.338 e. The van der Waals surface area contributed by atoms with Gasteiger partial charge in [0.2, 0.25) is 0 Å². The van der Waals surface area contributed by atoms with E-state index in [0.29, 0.717) is 12.0 Å². The highest BCUT2D eigenvalue weighted by molar-refractivity contribution is 7.91. The van der Waals surface area contributed by atoms with E-state index in [0.717, 1.165) is 0 Å². The van der Waals surface area contributed by atoms with Crippen molar-refractivity contribution in [1.29, 1.82) is 0 Å². The molecule has 0 bridgehead atoms. The smallest absolute Gasteiger partial charge is 0.338 e. The number of carbonyl (C=O) groups is 2. The van der Waals surface area contributed by atoms with E-state index in [-0.39, 0.29) is 24.2 Å². The van der Waals surface area contributed by atoms with Crippen molar-refractivity contribution in [2.45, 2.75) is 12.5 Å². The average molecular weight is 311 g/mol. The third-order valence-corrected chi connectivity index (χ3v) is 5.24. The monoisotopic (exact) mass is 311 g/mol. The Labute approximate surface area is 123 Å². The second-order valence-electron chi connectivity index (χ2n) is 5.00. The molecule has 1 aliphatic heterocycles. The molecule has 7 heteroatoms. The molecule has 2 rings (SSSR count). The second-order valence-corrected chi connectivity index (χ2v) is 7.23. The molecule has 114 valence electrons. The molecule has 0 spiro atoms. The Hall–Kier alpha value is -1.89. The van der Waals surface area contributed by atoms with Gasteiger partial charge in [0.05, 0.1) is 17.1 Å². The summed E-state index contributed by atoms with van der Waals surface area (Å²) >= 11 is 0. The van der Waals surface area contributed by atoms with Crippen LogP contribution in [0.1, 0.15) is 16.8 Å². The summed E-state index contributed by atoms with van der Waals surface area (Å²) in [7, 11) is -1.52. The lowest BCUT2D eigenvalue weighted by Crippen LogP contribution is -2.40. The van der Waals surface area contributed by atoms with Gasteiger partial charge >= 0.3 is 5.97 Å². The maximum atomic E-state index is 11.9. The van der Waals surface area contributed by atoms with E-state index in [1.54, 1.807) is 30.3 Å². The molecule has 0 aromatic heterocycles. The summed E-state index contributed by atoms with van der Waals surface area (Å²) in [5.74, 6) is -0.904. The summed E-state index contributed by atoms with van der Waals surface area (Å²) < 4.78 is 27.7. The Bertz CT molecular complexity index is 626. The maximum absolute atomic E-state index is 11.9. The summed E-state index contributed by atoms with van der Waals surface area (Å²) in [6, 6.07) is 8.04. The Kier molecular flexibility index (Phi) is 4.62. The molecule has 1 aromatic carbocycles. The predicted molar refractivity (Wildman–Crippen MR) is 76.6 cm³/mol. The number of ether oxygens (including phenoxy) is 1. The van der Waals surface area contributed by atoms with Crippen LogP contribution in [0.5, 0.6) is 0 Å². The fraction of sp³-hybridized carbons (Fsp3) is 0.429. The fourth-order valence-corrected chi connectivity index (χ4v) is 3.95. The zero-order chi connectivity index (χ0) is 15.5. The van der Waals surface area contributed by atoms with Crippen LogP contribution in [0.2, 0.25) is 0 Å². The summed E-state index contributed by atoms with van der Waals surface area (Å²) in [5.41, 5.74) is 0.372. The van der Waals surface area contributed by atoms with Crippen molar-refractivity contribution in [3.63, 3.8) is 0 Å². The van der Waals surface area contributed by atoms with Crippen LogP contribution in [0.3, 0.4) is 0 Å². The van der Waals surface area contributed by atoms with Gasteiger partial charge in [0, 0.05) is 13.1 Å². The van der Waals surface area contributed by atoms with E-state index in [1.807, 2.05) is 0 Å². The number of likely N-dealkylation sites (N-methyl/N-ethyl adjacent to an activating group) is 1. The lowest BCUT2D eigenvalue weighted by atomic mass is 10.2. The lowest BCUT2D eigenvalue weighted by molar-refractivity contribution is -0.134. The zero-order valence-electron chi connectivity index (χ0n) is 11.7. The summed E-state index contributed by atoms with van der Waals surface area (Å²) in [6.45, 7) is -0.388. The van der Waals surface area contributed by atoms with Crippen molar-refractivity contribution in [3.05, 3.63) is 35.9 Å². The zero-order valence-corrected chi connectivity index (χ0v) is 12.5. The number of rotatable bonds is 4. The van der Waals surface area contributed by atoms with Crippen molar-refractivity contribution in [1.82, 2.24) is 4.90 Å². The molecule has 1 heterocycles. The molecular weight excluding hydrogens is 294 g/mol. The lowest BCUT2D eigenvalue weighted by Gasteiger charge is -2.23. The molecule has 1 aromatic rings. The van der Waals surface area contributed by atoms with Gasteiger partial charge in [-0.3, -0.25) is 4.79 Å². The molecule has 0 unspecified atom stereocenters. The van der Waals surface area contributed by atoms with E-state index < -0.39 is 21.7 Å². The topological polar surface area (TPSA) is 80.8 Å². The van der Waals surface area contributed by atoms with Crippen molar-refractivity contribution in [2.24, 2.45) is 0 Å². The van der Waals surface area contributed by atoms with Crippen LogP contribution >= 0.6 is 0 Å². The van der Waals surface area contributed by atoms with Crippen LogP contribution in [0.15, 0.2) is 30.3 Å². The minimum Gasteiger partial charge on any atom is -0.452 e. The molecule has 0 saturated carbocycles. The molecule has 0 aliphatic carbocycles. The van der Waals surface area contributed by atoms with E-state index in [4.69, 9.17) is 4.74 Å². The normalized spacial score (nSPS) is 20.0. The highest BCUT2D eigenvalue weighted by atomic mass is 32.2. The van der Waals surface area contributed by atoms with Gasteiger partial charge in [-0.15, -0.1) is 0 Å². The molecule has 0 radical (unpaired) electrons. The minimum atomic E-state index is -3.05. The van der Waals surface area contributed by atoms with Crippen LogP contribution in [0, 0.1) is 0 Å². The van der Waals surface area contributed by atoms with E-state index in [1.165, 1.54) is 11.9 Å². The largest absolute Gasteiger partial charge is 0.452 e. The first-order valence-electron chi connectivity index (χ1n) is 6.57. The molecule has 1 fully saturated rings. The Morgan fingerprint density at radius 2 is 1.95 bits per heavy atom. The molecule has 1 aliphatic rings. The molecule has 0 N–H and O–H groups in total. The van der Waals surface area contributed by atoms with Gasteiger partial charge in [-0.1, -0.05) is 18.2 Å². The van der Waals surface area contributed by atoms with Gasteiger partial charge in [-0.2, -0.15) is 0 Å². The third-order valence-electron chi connectivity index (χ3n) is 3.49. The number of benzene rings is 1. The highest BCUT2D eigenvalue weighted by Crippen LogP contribution is 2.16. The minimum absolute atomic E-state index is 0.0259. The van der Waals surface area contributed by atoms with Gasteiger partial charge in [0.25, 0.3) is 5.91 Å². The quantitative estimate of drug-likeness (QED) is 0.756. The average Bonchev–Trinajstić information content (AvgIpc) is 2.84. The first-order chi connectivity index (χ1) is 9.89. The molecule has 6 nitrogen and oxygen atoms in total. The van der Waals surface area contributed by atoms with Crippen LogP contribution in [0.4, 0.5) is 0 Å². The standard InChI is InChI=1S/C14H17NO5S/c1-15(12-7-8-21(18,19)10-12)13(16)9-20-14(17)11-5-3-2-4-6-11/h2-6,12H,7-10H2,1H3/t12-/m0/s1. The Morgan fingerprint density at radius 3 is 2.52 bits per heavy atom. The van der Waals surface area contributed by atoms with Crippen LogP contribution in [0.25, 0.3) is 0 Å². The first-order valence-corrected chi connectivity index (χ1v) is 8.39. The molecular formula is C14H17NO5S. The van der Waals surface area contributed by atoms with E-state index in [2.05, 4.69) is 0 Å². The van der Waals surface area contributed by atoms with E-state index in [9.17, 15) is 18.0 Å². The first kappa shape index (κ1) is 15.5. The molecule has 1 atom stereocenters. The van der Waals surface area contributed by atoms with Gasteiger partial charge in [-0.25, -0.2) is 13.2 Å². The Balaban J connectivity index is 1.86. The number of hydrogen-bond acceptors (Lipinski definition) is 5. The van der Waals surface area contributed by atoms with Crippen LogP contribution < -0.4 is 0 Å². The second kappa shape index (κ2) is 6.26. The highest BCUT2D eigenvalue weighted by Gasteiger charge is 2.32. The number of nitrogens with zero attached hydrogens (tertiary/aromatic N) is 1. The number of amides is 1. The summed E-state index contributed by atoms with van der Waals surface area (Å²) in [6.07, 6.45) is 0.428.